The highest BCUT2D eigenvalue weighted by molar-refractivity contribution is 5.47. The molecule has 92 valence electrons. The van der Waals surface area contributed by atoms with Crippen molar-refractivity contribution in [2.45, 2.75) is 13.5 Å². The van der Waals surface area contributed by atoms with Gasteiger partial charge in [-0.1, -0.05) is 29.8 Å². The fraction of sp³-hybridized carbons (Fsp3) is 0.133. The molecule has 2 rings (SSSR count). The molecule has 0 aromatic heterocycles. The van der Waals surface area contributed by atoms with Crippen LogP contribution in [0, 0.1) is 6.92 Å². The summed E-state index contributed by atoms with van der Waals surface area (Å²) in [5.74, 6) is 0.838. The quantitative estimate of drug-likeness (QED) is 0.640. The van der Waals surface area contributed by atoms with Gasteiger partial charge in [-0.3, -0.25) is 5.43 Å². The number of nitrogens with zero attached hydrogens (tertiary/aromatic N) is 1. The minimum absolute atomic E-state index is 0.576. The zero-order chi connectivity index (χ0) is 12.8. The highest BCUT2D eigenvalue weighted by Crippen LogP contribution is 2.17. The fourth-order valence-corrected chi connectivity index (χ4v) is 1.57. The summed E-state index contributed by atoms with van der Waals surface area (Å²) in [6, 6.07) is 15.9. The first-order chi connectivity index (χ1) is 8.78. The summed E-state index contributed by atoms with van der Waals surface area (Å²) in [6.45, 7) is 6.02. The van der Waals surface area contributed by atoms with Crippen molar-refractivity contribution in [1.29, 1.82) is 0 Å². The minimum atomic E-state index is 0.576. The number of benzene rings is 2. The summed E-state index contributed by atoms with van der Waals surface area (Å²) in [6.07, 6.45) is 0. The Bertz CT molecular complexity index is 503. The molecule has 1 N–H and O–H groups in total. The first kappa shape index (κ1) is 12.2. The second-order valence-electron chi connectivity index (χ2n) is 4.07. The summed E-state index contributed by atoms with van der Waals surface area (Å²) >= 11 is 0. The SMILES string of the molecule is C=NNc1ccc(OCc2ccc(C)cc2)cc1. The third-order valence-corrected chi connectivity index (χ3v) is 2.59. The molecule has 0 bridgehead atoms. The van der Waals surface area contributed by atoms with Gasteiger partial charge in [0.2, 0.25) is 0 Å². The number of hydrazone groups is 1. The van der Waals surface area contributed by atoms with E-state index in [1.165, 1.54) is 5.56 Å². The van der Waals surface area contributed by atoms with Crippen LogP contribution in [0.3, 0.4) is 0 Å². The Morgan fingerprint density at radius 1 is 1.06 bits per heavy atom. The number of ether oxygens (including phenoxy) is 1. The summed E-state index contributed by atoms with van der Waals surface area (Å²) in [4.78, 5) is 0. The number of aryl methyl sites for hydroxylation is 1. The molecule has 0 aliphatic rings. The third-order valence-electron chi connectivity index (χ3n) is 2.59. The monoisotopic (exact) mass is 240 g/mol. The maximum absolute atomic E-state index is 5.69. The normalized spacial score (nSPS) is 9.83. The molecule has 0 spiro atoms. The molecule has 3 nitrogen and oxygen atoms in total. The number of anilines is 1. The highest BCUT2D eigenvalue weighted by atomic mass is 16.5. The molecule has 0 atom stereocenters. The van der Waals surface area contributed by atoms with Crippen LogP contribution < -0.4 is 10.2 Å². The average Bonchev–Trinajstić information content (AvgIpc) is 2.40. The Morgan fingerprint density at radius 2 is 1.72 bits per heavy atom. The van der Waals surface area contributed by atoms with E-state index in [1.807, 2.05) is 24.3 Å². The van der Waals surface area contributed by atoms with Crippen LogP contribution in [0.25, 0.3) is 0 Å². The molecule has 0 aliphatic heterocycles. The summed E-state index contributed by atoms with van der Waals surface area (Å²) < 4.78 is 5.69. The van der Waals surface area contributed by atoms with Crippen molar-refractivity contribution in [2.24, 2.45) is 5.10 Å². The Morgan fingerprint density at radius 3 is 2.33 bits per heavy atom. The second kappa shape index (κ2) is 5.87. The van der Waals surface area contributed by atoms with Crippen LogP contribution in [0.4, 0.5) is 5.69 Å². The van der Waals surface area contributed by atoms with Crippen molar-refractivity contribution in [1.82, 2.24) is 0 Å². The third kappa shape index (κ3) is 3.35. The van der Waals surface area contributed by atoms with Gasteiger partial charge in [0.1, 0.15) is 12.4 Å². The van der Waals surface area contributed by atoms with Crippen molar-refractivity contribution >= 4 is 12.4 Å². The van der Waals surface area contributed by atoms with E-state index in [9.17, 15) is 0 Å². The van der Waals surface area contributed by atoms with Crippen LogP contribution in [0.15, 0.2) is 53.6 Å². The van der Waals surface area contributed by atoms with Crippen LogP contribution in [-0.2, 0) is 6.61 Å². The van der Waals surface area contributed by atoms with Crippen molar-refractivity contribution in [3.05, 3.63) is 59.7 Å². The lowest BCUT2D eigenvalue weighted by atomic mass is 10.2. The van der Waals surface area contributed by atoms with E-state index >= 15 is 0 Å². The van der Waals surface area contributed by atoms with Crippen molar-refractivity contribution < 1.29 is 4.74 Å². The Labute approximate surface area is 107 Å². The molecule has 2 aromatic carbocycles. The summed E-state index contributed by atoms with van der Waals surface area (Å²) in [7, 11) is 0. The molecular formula is C15H16N2O. The average molecular weight is 240 g/mol. The first-order valence-electron chi connectivity index (χ1n) is 5.78. The van der Waals surface area contributed by atoms with Crippen LogP contribution in [-0.4, -0.2) is 6.72 Å². The number of hydrogen-bond donors (Lipinski definition) is 1. The van der Waals surface area contributed by atoms with E-state index < -0.39 is 0 Å². The minimum Gasteiger partial charge on any atom is -0.489 e. The molecule has 0 radical (unpaired) electrons. The predicted octanol–water partition coefficient (Wildman–Crippen LogP) is 3.60. The van der Waals surface area contributed by atoms with Gasteiger partial charge in [-0.2, -0.15) is 5.10 Å². The van der Waals surface area contributed by atoms with Crippen molar-refractivity contribution in [3.8, 4) is 5.75 Å². The molecular weight excluding hydrogens is 224 g/mol. The Kier molecular flexibility index (Phi) is 3.97. The van der Waals surface area contributed by atoms with Gasteiger partial charge in [-0.15, -0.1) is 0 Å². The van der Waals surface area contributed by atoms with Crippen LogP contribution in [0.5, 0.6) is 5.75 Å². The maximum Gasteiger partial charge on any atom is 0.119 e. The van der Waals surface area contributed by atoms with E-state index in [0.29, 0.717) is 6.61 Å². The zero-order valence-electron chi connectivity index (χ0n) is 10.4. The number of hydrogen-bond acceptors (Lipinski definition) is 3. The van der Waals surface area contributed by atoms with Gasteiger partial charge in [0.15, 0.2) is 0 Å². The van der Waals surface area contributed by atoms with E-state index in [-0.39, 0.29) is 0 Å². The van der Waals surface area contributed by atoms with E-state index in [0.717, 1.165) is 17.0 Å². The molecule has 0 unspecified atom stereocenters. The predicted molar refractivity (Wildman–Crippen MR) is 75.1 cm³/mol. The largest absolute Gasteiger partial charge is 0.489 e. The van der Waals surface area contributed by atoms with Gasteiger partial charge < -0.3 is 4.74 Å². The topological polar surface area (TPSA) is 33.6 Å². The van der Waals surface area contributed by atoms with Crippen molar-refractivity contribution in [3.63, 3.8) is 0 Å². The molecule has 0 saturated heterocycles. The summed E-state index contributed by atoms with van der Waals surface area (Å²) in [5, 5.41) is 3.60. The van der Waals surface area contributed by atoms with Gasteiger partial charge in [0, 0.05) is 6.72 Å². The number of nitrogens with one attached hydrogen (secondary N) is 1. The molecule has 3 heteroatoms. The maximum atomic E-state index is 5.69. The van der Waals surface area contributed by atoms with Gasteiger partial charge in [-0.05, 0) is 36.8 Å². The van der Waals surface area contributed by atoms with Crippen LogP contribution in [0.2, 0.25) is 0 Å². The van der Waals surface area contributed by atoms with Gasteiger partial charge >= 0.3 is 0 Å². The van der Waals surface area contributed by atoms with Crippen LogP contribution >= 0.6 is 0 Å². The number of rotatable bonds is 5. The van der Waals surface area contributed by atoms with Crippen LogP contribution in [0.1, 0.15) is 11.1 Å². The van der Waals surface area contributed by atoms with Gasteiger partial charge in [0.05, 0.1) is 5.69 Å². The van der Waals surface area contributed by atoms with Gasteiger partial charge in [0.25, 0.3) is 0 Å². The molecule has 0 heterocycles. The standard InChI is InChI=1S/C15H16N2O/c1-12-3-5-13(6-4-12)11-18-15-9-7-14(8-10-15)17-16-2/h3-10,17H,2,11H2,1H3. The molecule has 0 amide bonds. The van der Waals surface area contributed by atoms with Crippen molar-refractivity contribution in [2.75, 3.05) is 5.43 Å². The van der Waals surface area contributed by atoms with E-state index in [4.69, 9.17) is 4.74 Å². The first-order valence-corrected chi connectivity index (χ1v) is 5.78. The Balaban J connectivity index is 1.93. The van der Waals surface area contributed by atoms with Gasteiger partial charge in [-0.25, -0.2) is 0 Å². The Hall–Kier alpha value is -2.29. The highest BCUT2D eigenvalue weighted by Gasteiger charge is 1.96. The fourth-order valence-electron chi connectivity index (χ4n) is 1.57. The zero-order valence-corrected chi connectivity index (χ0v) is 10.4. The smallest absolute Gasteiger partial charge is 0.119 e. The van der Waals surface area contributed by atoms with E-state index in [1.54, 1.807) is 0 Å². The second-order valence-corrected chi connectivity index (χ2v) is 4.07. The molecule has 0 saturated carbocycles. The van der Waals surface area contributed by atoms with E-state index in [2.05, 4.69) is 48.4 Å². The summed E-state index contributed by atoms with van der Waals surface area (Å²) in [5.41, 5.74) is 6.09. The molecule has 0 fully saturated rings. The lowest BCUT2D eigenvalue weighted by Crippen LogP contribution is -1.95. The lowest BCUT2D eigenvalue weighted by molar-refractivity contribution is 0.306. The molecule has 0 aliphatic carbocycles. The molecule has 2 aromatic rings. The molecule has 18 heavy (non-hydrogen) atoms. The lowest BCUT2D eigenvalue weighted by Gasteiger charge is -2.07.